The summed E-state index contributed by atoms with van der Waals surface area (Å²) in [6, 6.07) is 4.64. The van der Waals surface area contributed by atoms with Crippen LogP contribution in [0.15, 0.2) is 24.3 Å². The summed E-state index contributed by atoms with van der Waals surface area (Å²) in [6.07, 6.45) is -2.61. The number of aromatic nitrogens is 4. The average Bonchev–Trinajstić information content (AvgIpc) is 2.95. The van der Waals surface area contributed by atoms with Crippen molar-refractivity contribution in [3.05, 3.63) is 29.8 Å². The van der Waals surface area contributed by atoms with Gasteiger partial charge in [0.1, 0.15) is 6.54 Å². The molecule has 0 saturated carbocycles. The average molecular weight is 327 g/mol. The van der Waals surface area contributed by atoms with Crippen LogP contribution in [-0.4, -0.2) is 32.7 Å². The molecule has 2 aromatic rings. The summed E-state index contributed by atoms with van der Waals surface area (Å²) in [4.78, 5) is 12.7. The van der Waals surface area contributed by atoms with Gasteiger partial charge in [-0.15, -0.1) is 10.2 Å². The van der Waals surface area contributed by atoms with Crippen molar-refractivity contribution in [2.24, 2.45) is 0 Å². The summed E-state index contributed by atoms with van der Waals surface area (Å²) in [5.74, 6) is -0.232. The number of nitrogens with zero attached hydrogens (tertiary/aromatic N) is 4. The lowest BCUT2D eigenvalue weighted by Crippen LogP contribution is -2.29. The van der Waals surface area contributed by atoms with Crippen LogP contribution in [0.4, 0.5) is 13.2 Å². The van der Waals surface area contributed by atoms with Gasteiger partial charge in [-0.25, -0.2) is 0 Å². The molecule has 1 N–H and O–H groups in total. The SMILES string of the molecule is CCCCNC(=O)Cn1nnc(-c2cccc(C(F)(F)F)c2)n1. The van der Waals surface area contributed by atoms with E-state index in [9.17, 15) is 18.0 Å². The second kappa shape index (κ2) is 7.21. The molecule has 0 aliphatic heterocycles. The molecule has 9 heteroatoms. The van der Waals surface area contributed by atoms with Gasteiger partial charge in [-0.05, 0) is 23.8 Å². The molecular formula is C14H16F3N5O. The molecule has 6 nitrogen and oxygen atoms in total. The maximum atomic E-state index is 12.7. The first-order valence-corrected chi connectivity index (χ1v) is 7.12. The van der Waals surface area contributed by atoms with Gasteiger partial charge in [-0.3, -0.25) is 4.79 Å². The standard InChI is InChI=1S/C14H16F3N5O/c1-2-3-7-18-12(23)9-22-20-13(19-21-22)10-5-4-6-11(8-10)14(15,16)17/h4-6,8H,2-3,7,9H2,1H3,(H,18,23). The van der Waals surface area contributed by atoms with E-state index in [1.807, 2.05) is 6.92 Å². The van der Waals surface area contributed by atoms with Gasteiger partial charge < -0.3 is 5.32 Å². The van der Waals surface area contributed by atoms with Crippen LogP contribution in [0.25, 0.3) is 11.4 Å². The van der Waals surface area contributed by atoms with Gasteiger partial charge in [0.15, 0.2) is 0 Å². The van der Waals surface area contributed by atoms with Crippen molar-refractivity contribution >= 4 is 5.91 Å². The molecule has 0 bridgehead atoms. The summed E-state index contributed by atoms with van der Waals surface area (Å²) in [5, 5.41) is 14.0. The number of halogens is 3. The molecule has 124 valence electrons. The van der Waals surface area contributed by atoms with E-state index < -0.39 is 11.7 Å². The van der Waals surface area contributed by atoms with E-state index in [1.165, 1.54) is 12.1 Å². The topological polar surface area (TPSA) is 72.7 Å². The molecule has 1 aromatic carbocycles. The second-order valence-corrected chi connectivity index (χ2v) is 4.93. The van der Waals surface area contributed by atoms with Crippen molar-refractivity contribution in [2.45, 2.75) is 32.5 Å². The molecular weight excluding hydrogens is 311 g/mol. The first-order valence-electron chi connectivity index (χ1n) is 7.12. The molecule has 23 heavy (non-hydrogen) atoms. The fourth-order valence-electron chi connectivity index (χ4n) is 1.85. The maximum Gasteiger partial charge on any atom is 0.416 e. The Hall–Kier alpha value is -2.45. The van der Waals surface area contributed by atoms with Crippen LogP contribution in [0.2, 0.25) is 0 Å². The van der Waals surface area contributed by atoms with Crippen LogP contribution in [0, 0.1) is 0 Å². The van der Waals surface area contributed by atoms with E-state index >= 15 is 0 Å². The Morgan fingerprint density at radius 1 is 1.35 bits per heavy atom. The number of unbranched alkanes of at least 4 members (excludes halogenated alkanes) is 1. The molecule has 1 amide bonds. The summed E-state index contributed by atoms with van der Waals surface area (Å²) in [5.41, 5.74) is -0.596. The minimum Gasteiger partial charge on any atom is -0.354 e. The minimum atomic E-state index is -4.44. The van der Waals surface area contributed by atoms with Gasteiger partial charge in [0.25, 0.3) is 0 Å². The summed E-state index contributed by atoms with van der Waals surface area (Å²) in [6.45, 7) is 2.44. The number of rotatable bonds is 6. The lowest BCUT2D eigenvalue weighted by Gasteiger charge is -2.06. The van der Waals surface area contributed by atoms with Crippen molar-refractivity contribution < 1.29 is 18.0 Å². The van der Waals surface area contributed by atoms with Crippen molar-refractivity contribution in [1.82, 2.24) is 25.5 Å². The number of hydrogen-bond acceptors (Lipinski definition) is 4. The van der Waals surface area contributed by atoms with Crippen molar-refractivity contribution in [3.8, 4) is 11.4 Å². The first kappa shape index (κ1) is 16.9. The predicted molar refractivity (Wildman–Crippen MR) is 76.2 cm³/mol. The van der Waals surface area contributed by atoms with Crippen molar-refractivity contribution in [2.75, 3.05) is 6.54 Å². The van der Waals surface area contributed by atoms with E-state index in [0.29, 0.717) is 6.54 Å². The first-order chi connectivity index (χ1) is 10.9. The zero-order valence-electron chi connectivity index (χ0n) is 12.5. The fraction of sp³-hybridized carbons (Fsp3) is 0.429. The Kier molecular flexibility index (Phi) is 5.30. The highest BCUT2D eigenvalue weighted by Gasteiger charge is 2.30. The Morgan fingerprint density at radius 3 is 2.83 bits per heavy atom. The third-order valence-corrected chi connectivity index (χ3v) is 3.04. The van der Waals surface area contributed by atoms with Crippen LogP contribution >= 0.6 is 0 Å². The van der Waals surface area contributed by atoms with Gasteiger partial charge in [0.2, 0.25) is 11.7 Å². The Labute approximate surface area is 130 Å². The molecule has 0 unspecified atom stereocenters. The molecule has 1 aromatic heterocycles. The Bertz CT molecular complexity index is 668. The molecule has 0 aliphatic rings. The minimum absolute atomic E-state index is 0.0393. The summed E-state index contributed by atoms with van der Waals surface area (Å²) in [7, 11) is 0. The van der Waals surface area contributed by atoms with Gasteiger partial charge in [-0.1, -0.05) is 25.5 Å². The molecule has 0 fully saturated rings. The number of tetrazole rings is 1. The summed E-state index contributed by atoms with van der Waals surface area (Å²) >= 11 is 0. The lowest BCUT2D eigenvalue weighted by molar-refractivity contribution is -0.137. The third kappa shape index (κ3) is 4.76. The van der Waals surface area contributed by atoms with E-state index in [4.69, 9.17) is 0 Å². The second-order valence-electron chi connectivity index (χ2n) is 4.93. The molecule has 0 saturated heterocycles. The zero-order valence-corrected chi connectivity index (χ0v) is 12.5. The van der Waals surface area contributed by atoms with E-state index in [0.717, 1.165) is 29.8 Å². The van der Waals surface area contributed by atoms with Crippen LogP contribution in [0.5, 0.6) is 0 Å². The van der Waals surface area contributed by atoms with Crippen LogP contribution in [0.3, 0.4) is 0 Å². The van der Waals surface area contributed by atoms with Crippen LogP contribution in [0.1, 0.15) is 25.3 Å². The van der Waals surface area contributed by atoms with Crippen molar-refractivity contribution in [3.63, 3.8) is 0 Å². The molecule has 0 radical (unpaired) electrons. The highest BCUT2D eigenvalue weighted by Crippen LogP contribution is 2.31. The van der Waals surface area contributed by atoms with Gasteiger partial charge in [-0.2, -0.15) is 18.0 Å². The molecule has 0 spiro atoms. The Morgan fingerprint density at radius 2 is 2.13 bits per heavy atom. The van der Waals surface area contributed by atoms with E-state index in [-0.39, 0.29) is 23.8 Å². The molecule has 0 atom stereocenters. The fourth-order valence-corrected chi connectivity index (χ4v) is 1.85. The Balaban J connectivity index is 2.06. The van der Waals surface area contributed by atoms with Crippen LogP contribution in [-0.2, 0) is 17.5 Å². The van der Waals surface area contributed by atoms with Gasteiger partial charge >= 0.3 is 6.18 Å². The highest BCUT2D eigenvalue weighted by atomic mass is 19.4. The number of hydrogen-bond donors (Lipinski definition) is 1. The molecule has 0 aliphatic carbocycles. The number of nitrogens with one attached hydrogen (secondary N) is 1. The summed E-state index contributed by atoms with van der Waals surface area (Å²) < 4.78 is 38.1. The van der Waals surface area contributed by atoms with E-state index in [1.54, 1.807) is 0 Å². The largest absolute Gasteiger partial charge is 0.416 e. The number of alkyl halides is 3. The smallest absolute Gasteiger partial charge is 0.354 e. The van der Waals surface area contributed by atoms with Crippen LogP contribution < -0.4 is 5.32 Å². The van der Waals surface area contributed by atoms with Crippen molar-refractivity contribution in [1.29, 1.82) is 0 Å². The molecule has 2 rings (SSSR count). The lowest BCUT2D eigenvalue weighted by atomic mass is 10.1. The third-order valence-electron chi connectivity index (χ3n) is 3.04. The molecule has 1 heterocycles. The zero-order chi connectivity index (χ0) is 16.9. The number of carbonyl (C=O) groups is 1. The normalized spacial score (nSPS) is 11.5. The van der Waals surface area contributed by atoms with E-state index in [2.05, 4.69) is 20.7 Å². The monoisotopic (exact) mass is 327 g/mol. The maximum absolute atomic E-state index is 12.7. The van der Waals surface area contributed by atoms with Gasteiger partial charge in [0, 0.05) is 12.1 Å². The predicted octanol–water partition coefficient (Wildman–Crippen LogP) is 2.28. The number of amides is 1. The highest BCUT2D eigenvalue weighted by molar-refractivity contribution is 5.75. The number of benzene rings is 1. The van der Waals surface area contributed by atoms with Gasteiger partial charge in [0.05, 0.1) is 5.56 Å². The quantitative estimate of drug-likeness (QED) is 0.826. The number of carbonyl (C=O) groups excluding carboxylic acids is 1.